The van der Waals surface area contributed by atoms with E-state index in [-0.39, 0.29) is 0 Å². The Balaban J connectivity index is 1.36. The maximum atomic E-state index is 9.59. The van der Waals surface area contributed by atoms with Crippen LogP contribution in [-0.4, -0.2) is 19.9 Å². The third-order valence-corrected chi connectivity index (χ3v) is 8.16. The van der Waals surface area contributed by atoms with Crippen molar-refractivity contribution in [2.45, 2.75) is 0 Å². The summed E-state index contributed by atoms with van der Waals surface area (Å²) in [7, 11) is 0. The first-order valence-corrected chi connectivity index (χ1v) is 15.1. The molecule has 8 aromatic rings. The second kappa shape index (κ2) is 11.5. The highest BCUT2D eigenvalue weighted by molar-refractivity contribution is 6.21. The molecule has 0 aliphatic rings. The standard InChI is InChI=1S/C41H25N5/c42-26-31-19-12-24-36(43-31)38-34-22-9-7-20-32(34)37(33-21-8-10-23-35(33)38)29-17-11-18-30(25-29)41-45-39(27-13-3-1-4-14-27)44-40(46-41)28-15-5-2-6-16-28/h1-25H. The van der Waals surface area contributed by atoms with Gasteiger partial charge in [-0.2, -0.15) is 5.26 Å². The Hall–Kier alpha value is -6.51. The zero-order chi connectivity index (χ0) is 30.9. The number of pyridine rings is 1. The van der Waals surface area contributed by atoms with Crippen molar-refractivity contribution in [2.24, 2.45) is 0 Å². The van der Waals surface area contributed by atoms with Crippen LogP contribution in [0.5, 0.6) is 0 Å². The molecule has 214 valence electrons. The summed E-state index contributed by atoms with van der Waals surface area (Å²) in [6.07, 6.45) is 0. The molecule has 0 atom stereocenters. The first-order chi connectivity index (χ1) is 22.8. The number of hydrogen-bond donors (Lipinski definition) is 0. The van der Waals surface area contributed by atoms with E-state index in [1.807, 2.05) is 72.8 Å². The average Bonchev–Trinajstić information content (AvgIpc) is 3.14. The maximum Gasteiger partial charge on any atom is 0.164 e. The summed E-state index contributed by atoms with van der Waals surface area (Å²) < 4.78 is 0. The SMILES string of the molecule is N#Cc1cccc(-c2c3ccccc3c(-c3cccc(-c4nc(-c5ccccc5)nc(-c5ccccc5)n4)c3)c3ccccc23)n1. The van der Waals surface area contributed by atoms with Crippen LogP contribution in [0.1, 0.15) is 5.69 Å². The first kappa shape index (κ1) is 27.1. The highest BCUT2D eigenvalue weighted by atomic mass is 15.0. The van der Waals surface area contributed by atoms with E-state index in [9.17, 15) is 5.26 Å². The molecule has 5 heteroatoms. The van der Waals surface area contributed by atoms with Gasteiger partial charge >= 0.3 is 0 Å². The van der Waals surface area contributed by atoms with Crippen LogP contribution in [-0.2, 0) is 0 Å². The lowest BCUT2D eigenvalue weighted by Crippen LogP contribution is -2.00. The first-order valence-electron chi connectivity index (χ1n) is 15.1. The molecular formula is C41H25N5. The summed E-state index contributed by atoms with van der Waals surface area (Å²) in [5.74, 6) is 1.86. The molecule has 6 aromatic carbocycles. The van der Waals surface area contributed by atoms with Gasteiger partial charge in [0.05, 0.1) is 5.69 Å². The fourth-order valence-corrected chi connectivity index (χ4v) is 6.10. The molecule has 0 aliphatic carbocycles. The van der Waals surface area contributed by atoms with Crippen molar-refractivity contribution in [3.05, 3.63) is 157 Å². The number of nitrogens with zero attached hydrogens (tertiary/aromatic N) is 5. The summed E-state index contributed by atoms with van der Waals surface area (Å²) in [4.78, 5) is 19.5. The Kier molecular flexibility index (Phi) is 6.79. The van der Waals surface area contributed by atoms with E-state index in [4.69, 9.17) is 19.9 Å². The van der Waals surface area contributed by atoms with Gasteiger partial charge in [0.2, 0.25) is 0 Å². The Morgan fingerprint density at radius 2 is 0.804 bits per heavy atom. The van der Waals surface area contributed by atoms with Gasteiger partial charge in [-0.15, -0.1) is 0 Å². The lowest BCUT2D eigenvalue weighted by molar-refractivity contribution is 1.07. The molecule has 0 saturated carbocycles. The molecule has 2 aromatic heterocycles. The molecule has 0 saturated heterocycles. The van der Waals surface area contributed by atoms with Crippen molar-refractivity contribution in [1.29, 1.82) is 5.26 Å². The predicted molar refractivity (Wildman–Crippen MR) is 185 cm³/mol. The number of aromatic nitrogens is 4. The van der Waals surface area contributed by atoms with Crippen LogP contribution in [0, 0.1) is 11.3 Å². The van der Waals surface area contributed by atoms with Crippen LogP contribution in [0.4, 0.5) is 0 Å². The molecule has 46 heavy (non-hydrogen) atoms. The van der Waals surface area contributed by atoms with E-state index in [0.717, 1.165) is 60.6 Å². The van der Waals surface area contributed by atoms with Gasteiger partial charge in [-0.05, 0) is 50.9 Å². The molecule has 0 N–H and O–H groups in total. The fraction of sp³-hybridized carbons (Fsp3) is 0. The van der Waals surface area contributed by atoms with Gasteiger partial charge < -0.3 is 0 Å². The Labute approximate surface area is 266 Å². The zero-order valence-corrected chi connectivity index (χ0v) is 24.7. The number of benzene rings is 6. The number of fused-ring (bicyclic) bond motifs is 2. The molecule has 8 rings (SSSR count). The summed E-state index contributed by atoms with van der Waals surface area (Å²) in [5, 5.41) is 13.9. The van der Waals surface area contributed by atoms with E-state index in [0.29, 0.717) is 23.2 Å². The molecule has 0 amide bonds. The highest BCUT2D eigenvalue weighted by Crippen LogP contribution is 2.43. The van der Waals surface area contributed by atoms with Gasteiger partial charge in [0.25, 0.3) is 0 Å². The molecule has 2 heterocycles. The van der Waals surface area contributed by atoms with Gasteiger partial charge in [0.1, 0.15) is 11.8 Å². The smallest absolute Gasteiger partial charge is 0.164 e. The normalized spacial score (nSPS) is 11.0. The van der Waals surface area contributed by atoms with E-state index in [1.54, 1.807) is 6.07 Å². The number of rotatable bonds is 5. The number of nitriles is 1. The average molecular weight is 588 g/mol. The molecular weight excluding hydrogens is 562 g/mol. The molecule has 0 bridgehead atoms. The van der Waals surface area contributed by atoms with Crippen molar-refractivity contribution >= 4 is 21.5 Å². The van der Waals surface area contributed by atoms with E-state index < -0.39 is 0 Å². The third kappa shape index (κ3) is 4.85. The number of hydrogen-bond acceptors (Lipinski definition) is 5. The zero-order valence-electron chi connectivity index (χ0n) is 24.7. The largest absolute Gasteiger partial charge is 0.237 e. The van der Waals surface area contributed by atoms with E-state index in [1.165, 1.54) is 0 Å². The van der Waals surface area contributed by atoms with Gasteiger partial charge in [0.15, 0.2) is 17.5 Å². The molecule has 0 unspecified atom stereocenters. The van der Waals surface area contributed by atoms with Crippen molar-refractivity contribution in [2.75, 3.05) is 0 Å². The Bertz CT molecular complexity index is 2320. The summed E-state index contributed by atoms with van der Waals surface area (Å²) in [6.45, 7) is 0. The minimum absolute atomic E-state index is 0.393. The van der Waals surface area contributed by atoms with Gasteiger partial charge in [-0.3, -0.25) is 0 Å². The molecule has 0 spiro atoms. The molecule has 0 fully saturated rings. The van der Waals surface area contributed by atoms with Crippen LogP contribution >= 0.6 is 0 Å². The lowest BCUT2D eigenvalue weighted by atomic mass is 9.87. The monoisotopic (exact) mass is 587 g/mol. The summed E-state index contributed by atoms with van der Waals surface area (Å²) in [6, 6.07) is 53.1. The van der Waals surface area contributed by atoms with Crippen LogP contribution in [0.15, 0.2) is 152 Å². The van der Waals surface area contributed by atoms with Gasteiger partial charge in [-0.25, -0.2) is 19.9 Å². The minimum Gasteiger partial charge on any atom is -0.237 e. The van der Waals surface area contributed by atoms with E-state index in [2.05, 4.69) is 78.9 Å². The Morgan fingerprint density at radius 1 is 0.370 bits per heavy atom. The summed E-state index contributed by atoms with van der Waals surface area (Å²) in [5.41, 5.74) is 7.12. The maximum absolute atomic E-state index is 9.59. The van der Waals surface area contributed by atoms with Crippen molar-refractivity contribution in [3.63, 3.8) is 0 Å². The fourth-order valence-electron chi connectivity index (χ4n) is 6.10. The Morgan fingerprint density at radius 3 is 1.35 bits per heavy atom. The second-order valence-corrected chi connectivity index (χ2v) is 11.0. The van der Waals surface area contributed by atoms with Gasteiger partial charge in [0, 0.05) is 22.3 Å². The molecule has 0 radical (unpaired) electrons. The second-order valence-electron chi connectivity index (χ2n) is 11.0. The lowest BCUT2D eigenvalue weighted by Gasteiger charge is -2.17. The predicted octanol–water partition coefficient (Wildman–Crippen LogP) is 9.78. The minimum atomic E-state index is 0.393. The van der Waals surface area contributed by atoms with E-state index >= 15 is 0 Å². The van der Waals surface area contributed by atoms with Crippen molar-refractivity contribution < 1.29 is 0 Å². The topological polar surface area (TPSA) is 75.3 Å². The van der Waals surface area contributed by atoms with Crippen molar-refractivity contribution in [3.8, 4) is 62.6 Å². The van der Waals surface area contributed by atoms with Crippen molar-refractivity contribution in [1.82, 2.24) is 19.9 Å². The highest BCUT2D eigenvalue weighted by Gasteiger charge is 2.19. The quantitative estimate of drug-likeness (QED) is 0.187. The molecule has 0 aliphatic heterocycles. The summed E-state index contributed by atoms with van der Waals surface area (Å²) >= 11 is 0. The van der Waals surface area contributed by atoms with Gasteiger partial charge in [-0.1, -0.05) is 133 Å². The molecule has 5 nitrogen and oxygen atoms in total. The van der Waals surface area contributed by atoms with Crippen LogP contribution in [0.25, 0.3) is 78.1 Å². The van der Waals surface area contributed by atoms with Crippen LogP contribution in [0.2, 0.25) is 0 Å². The van der Waals surface area contributed by atoms with Crippen LogP contribution in [0.3, 0.4) is 0 Å². The third-order valence-electron chi connectivity index (χ3n) is 8.16. The van der Waals surface area contributed by atoms with Crippen LogP contribution < -0.4 is 0 Å².